The second-order valence-electron chi connectivity index (χ2n) is 2.79. The zero-order chi connectivity index (χ0) is 6.85. The molecule has 0 aromatic carbocycles. The molecule has 1 radical (unpaired) electrons. The standard InChI is InChI=1S/C7H14NO/c1-6-4-8(3)5-7(2)9-6/h6-7H,3-5H2,1-2H3/t6-,7+. The van der Waals surface area contributed by atoms with Crippen LogP contribution in [0.4, 0.5) is 0 Å². The van der Waals surface area contributed by atoms with Crippen LogP contribution in [0.25, 0.3) is 0 Å². The van der Waals surface area contributed by atoms with Gasteiger partial charge in [0.25, 0.3) is 0 Å². The van der Waals surface area contributed by atoms with Gasteiger partial charge in [-0.3, -0.25) is 4.90 Å². The predicted molar refractivity (Wildman–Crippen MR) is 36.9 cm³/mol. The summed E-state index contributed by atoms with van der Waals surface area (Å²) >= 11 is 0. The van der Waals surface area contributed by atoms with Crippen LogP contribution in [0.15, 0.2) is 0 Å². The molecule has 0 spiro atoms. The monoisotopic (exact) mass is 128 g/mol. The molecule has 0 saturated carbocycles. The van der Waals surface area contributed by atoms with Crippen molar-refractivity contribution in [3.63, 3.8) is 0 Å². The van der Waals surface area contributed by atoms with Crippen LogP contribution in [0.5, 0.6) is 0 Å². The first kappa shape index (κ1) is 7.03. The van der Waals surface area contributed by atoms with Gasteiger partial charge < -0.3 is 4.74 Å². The lowest BCUT2D eigenvalue weighted by atomic mass is 10.2. The number of rotatable bonds is 0. The van der Waals surface area contributed by atoms with Gasteiger partial charge in [-0.05, 0) is 13.8 Å². The van der Waals surface area contributed by atoms with Gasteiger partial charge in [-0.1, -0.05) is 0 Å². The molecular weight excluding hydrogens is 114 g/mol. The highest BCUT2D eigenvalue weighted by Gasteiger charge is 2.18. The highest BCUT2D eigenvalue weighted by Crippen LogP contribution is 2.08. The van der Waals surface area contributed by atoms with Gasteiger partial charge in [0.2, 0.25) is 0 Å². The zero-order valence-electron chi connectivity index (χ0n) is 6.13. The number of morpholine rings is 1. The summed E-state index contributed by atoms with van der Waals surface area (Å²) in [6.07, 6.45) is 0.706. The summed E-state index contributed by atoms with van der Waals surface area (Å²) in [5, 5.41) is 0. The van der Waals surface area contributed by atoms with Gasteiger partial charge in [0.1, 0.15) is 0 Å². The number of hydrogen-bond donors (Lipinski definition) is 0. The third kappa shape index (κ3) is 1.95. The lowest BCUT2D eigenvalue weighted by Crippen LogP contribution is -2.41. The van der Waals surface area contributed by atoms with E-state index in [-0.39, 0.29) is 0 Å². The molecule has 1 fully saturated rings. The normalized spacial score (nSPS) is 39.0. The highest BCUT2D eigenvalue weighted by atomic mass is 16.5. The molecule has 2 atom stereocenters. The molecule has 1 rings (SSSR count). The fourth-order valence-corrected chi connectivity index (χ4v) is 1.28. The third-order valence-corrected chi connectivity index (χ3v) is 1.50. The number of nitrogens with zero attached hydrogens (tertiary/aromatic N) is 1. The summed E-state index contributed by atoms with van der Waals surface area (Å²) in [4.78, 5) is 2.05. The summed E-state index contributed by atoms with van der Waals surface area (Å²) in [6, 6.07) is 0. The third-order valence-electron chi connectivity index (χ3n) is 1.50. The molecule has 0 N–H and O–H groups in total. The van der Waals surface area contributed by atoms with Crippen molar-refractivity contribution in [2.45, 2.75) is 26.1 Å². The smallest absolute Gasteiger partial charge is 0.0678 e. The van der Waals surface area contributed by atoms with Gasteiger partial charge in [-0.15, -0.1) is 0 Å². The molecule has 0 aromatic heterocycles. The van der Waals surface area contributed by atoms with Gasteiger partial charge in [-0.2, -0.15) is 0 Å². The molecule has 1 aliphatic rings. The molecule has 0 amide bonds. The van der Waals surface area contributed by atoms with E-state index >= 15 is 0 Å². The van der Waals surface area contributed by atoms with Crippen molar-refractivity contribution < 1.29 is 4.74 Å². The van der Waals surface area contributed by atoms with E-state index in [0.29, 0.717) is 12.2 Å². The summed E-state index contributed by atoms with van der Waals surface area (Å²) in [5.41, 5.74) is 0. The lowest BCUT2D eigenvalue weighted by molar-refractivity contribution is -0.0550. The maximum atomic E-state index is 5.47. The van der Waals surface area contributed by atoms with Crippen LogP contribution in [-0.2, 0) is 4.74 Å². The molecule has 53 valence electrons. The Balaban J connectivity index is 2.34. The SMILES string of the molecule is [CH2]N1C[C@@H](C)O[C@@H](C)C1. The van der Waals surface area contributed by atoms with Crippen molar-refractivity contribution in [3.05, 3.63) is 7.05 Å². The van der Waals surface area contributed by atoms with E-state index in [1.165, 1.54) is 0 Å². The minimum Gasteiger partial charge on any atom is -0.373 e. The Bertz CT molecular complexity index is 69.9. The summed E-state index contributed by atoms with van der Waals surface area (Å²) in [7, 11) is 3.85. The predicted octanol–water partition coefficient (Wildman–Crippen LogP) is 0.887. The Morgan fingerprint density at radius 3 is 2.11 bits per heavy atom. The summed E-state index contributed by atoms with van der Waals surface area (Å²) in [5.74, 6) is 0. The van der Waals surface area contributed by atoms with Crippen LogP contribution in [0, 0.1) is 7.05 Å². The largest absolute Gasteiger partial charge is 0.373 e. The van der Waals surface area contributed by atoms with E-state index < -0.39 is 0 Å². The van der Waals surface area contributed by atoms with Crippen LogP contribution in [0.3, 0.4) is 0 Å². The van der Waals surface area contributed by atoms with Crippen molar-refractivity contribution in [1.82, 2.24) is 4.90 Å². The Kier molecular flexibility index (Phi) is 2.09. The maximum absolute atomic E-state index is 5.47. The average Bonchev–Trinajstić information content (AvgIpc) is 1.59. The number of ether oxygens (including phenoxy) is 1. The van der Waals surface area contributed by atoms with Crippen molar-refractivity contribution in [3.8, 4) is 0 Å². The summed E-state index contributed by atoms with van der Waals surface area (Å²) < 4.78 is 5.47. The second kappa shape index (κ2) is 2.67. The van der Waals surface area contributed by atoms with Gasteiger partial charge in [0, 0.05) is 20.1 Å². The van der Waals surface area contributed by atoms with Gasteiger partial charge in [0.15, 0.2) is 0 Å². The fraction of sp³-hybridized carbons (Fsp3) is 0.857. The van der Waals surface area contributed by atoms with Crippen molar-refractivity contribution in [1.29, 1.82) is 0 Å². The molecule has 2 nitrogen and oxygen atoms in total. The second-order valence-corrected chi connectivity index (χ2v) is 2.79. The Morgan fingerprint density at radius 2 is 1.78 bits per heavy atom. The minimum atomic E-state index is 0.353. The highest BCUT2D eigenvalue weighted by molar-refractivity contribution is 4.71. The Hall–Kier alpha value is -0.0800. The lowest BCUT2D eigenvalue weighted by Gasteiger charge is -2.32. The molecule has 0 unspecified atom stereocenters. The van der Waals surface area contributed by atoms with Crippen LogP contribution in [0.2, 0.25) is 0 Å². The fourth-order valence-electron chi connectivity index (χ4n) is 1.28. The Labute approximate surface area is 56.8 Å². The van der Waals surface area contributed by atoms with E-state index in [0.717, 1.165) is 13.1 Å². The molecular formula is C7H14NO. The van der Waals surface area contributed by atoms with Crippen LogP contribution < -0.4 is 0 Å². The molecule has 0 aliphatic carbocycles. The molecule has 1 heterocycles. The van der Waals surface area contributed by atoms with Crippen LogP contribution in [0.1, 0.15) is 13.8 Å². The molecule has 2 heteroatoms. The summed E-state index contributed by atoms with van der Waals surface area (Å²) in [6.45, 7) is 6.08. The first-order valence-electron chi connectivity index (χ1n) is 3.39. The maximum Gasteiger partial charge on any atom is 0.0678 e. The minimum absolute atomic E-state index is 0.353. The molecule has 9 heavy (non-hydrogen) atoms. The van der Waals surface area contributed by atoms with E-state index in [4.69, 9.17) is 4.74 Å². The molecule has 0 bridgehead atoms. The molecule has 0 aromatic rings. The van der Waals surface area contributed by atoms with Gasteiger partial charge >= 0.3 is 0 Å². The number of hydrogen-bond acceptors (Lipinski definition) is 2. The van der Waals surface area contributed by atoms with Gasteiger partial charge in [-0.25, -0.2) is 0 Å². The van der Waals surface area contributed by atoms with E-state index in [1.54, 1.807) is 0 Å². The van der Waals surface area contributed by atoms with Gasteiger partial charge in [0.05, 0.1) is 12.2 Å². The molecule has 1 aliphatic heterocycles. The van der Waals surface area contributed by atoms with Crippen molar-refractivity contribution >= 4 is 0 Å². The van der Waals surface area contributed by atoms with Crippen molar-refractivity contribution in [2.24, 2.45) is 0 Å². The van der Waals surface area contributed by atoms with Crippen molar-refractivity contribution in [2.75, 3.05) is 13.1 Å². The molecule has 1 saturated heterocycles. The van der Waals surface area contributed by atoms with Crippen LogP contribution >= 0.6 is 0 Å². The van der Waals surface area contributed by atoms with E-state index in [1.807, 2.05) is 0 Å². The van der Waals surface area contributed by atoms with E-state index in [2.05, 4.69) is 25.8 Å². The zero-order valence-corrected chi connectivity index (χ0v) is 6.13. The van der Waals surface area contributed by atoms with Crippen LogP contribution in [-0.4, -0.2) is 30.2 Å². The first-order valence-corrected chi connectivity index (χ1v) is 3.39. The quantitative estimate of drug-likeness (QED) is 0.480. The van der Waals surface area contributed by atoms with E-state index in [9.17, 15) is 0 Å². The first-order chi connectivity index (χ1) is 4.18. The topological polar surface area (TPSA) is 12.5 Å². The Morgan fingerprint density at radius 1 is 1.33 bits per heavy atom. The average molecular weight is 128 g/mol.